The second-order valence-corrected chi connectivity index (χ2v) is 4.99. The van der Waals surface area contributed by atoms with Gasteiger partial charge in [0.2, 0.25) is 0 Å². The highest BCUT2D eigenvalue weighted by atomic mass is 15.1. The largest absolute Gasteiger partial charge is 0.368 e. The maximum absolute atomic E-state index is 4.39. The lowest BCUT2D eigenvalue weighted by atomic mass is 10.1. The molecule has 0 spiro atoms. The molecule has 0 atom stereocenters. The van der Waals surface area contributed by atoms with Crippen LogP contribution >= 0.6 is 0 Å². The number of aromatic nitrogens is 5. The van der Waals surface area contributed by atoms with Crippen molar-refractivity contribution in [2.75, 3.05) is 11.9 Å². The number of anilines is 1. The van der Waals surface area contributed by atoms with E-state index in [1.807, 2.05) is 24.4 Å². The van der Waals surface area contributed by atoms with Gasteiger partial charge in [0.05, 0.1) is 11.8 Å². The molecule has 6 nitrogen and oxygen atoms in total. The van der Waals surface area contributed by atoms with Gasteiger partial charge in [-0.2, -0.15) is 0 Å². The lowest BCUT2D eigenvalue weighted by molar-refractivity contribution is 1.01. The molecular formula is C16H14N6. The lowest BCUT2D eigenvalue weighted by Crippen LogP contribution is -2.07. The SMILES string of the molecule is c1ccc2c(CCNc3ncnc4nc[nH]c34)ccnc2c1. The van der Waals surface area contributed by atoms with Gasteiger partial charge in [-0.3, -0.25) is 4.98 Å². The Balaban J connectivity index is 1.54. The number of H-pyrrole nitrogens is 1. The van der Waals surface area contributed by atoms with E-state index in [0.717, 1.165) is 29.8 Å². The predicted molar refractivity (Wildman–Crippen MR) is 85.6 cm³/mol. The molecule has 22 heavy (non-hydrogen) atoms. The molecule has 0 amide bonds. The number of benzene rings is 1. The first-order valence-corrected chi connectivity index (χ1v) is 7.12. The number of hydrogen-bond acceptors (Lipinski definition) is 5. The topological polar surface area (TPSA) is 79.4 Å². The van der Waals surface area contributed by atoms with Crippen molar-refractivity contribution in [3.63, 3.8) is 0 Å². The van der Waals surface area contributed by atoms with E-state index in [1.165, 1.54) is 17.3 Å². The maximum Gasteiger partial charge on any atom is 0.182 e. The van der Waals surface area contributed by atoms with E-state index in [0.29, 0.717) is 5.65 Å². The van der Waals surface area contributed by atoms with Gasteiger partial charge < -0.3 is 10.3 Å². The zero-order valence-electron chi connectivity index (χ0n) is 11.8. The van der Waals surface area contributed by atoms with E-state index < -0.39 is 0 Å². The quantitative estimate of drug-likeness (QED) is 0.604. The van der Waals surface area contributed by atoms with Gasteiger partial charge in [-0.1, -0.05) is 18.2 Å². The molecule has 0 bridgehead atoms. The molecule has 0 unspecified atom stereocenters. The third kappa shape index (κ3) is 2.24. The molecule has 4 rings (SSSR count). The predicted octanol–water partition coefficient (Wildman–Crippen LogP) is 2.56. The second kappa shape index (κ2) is 5.40. The molecule has 0 fully saturated rings. The number of nitrogens with one attached hydrogen (secondary N) is 2. The van der Waals surface area contributed by atoms with Crippen LogP contribution in [0.2, 0.25) is 0 Å². The van der Waals surface area contributed by atoms with Crippen molar-refractivity contribution < 1.29 is 0 Å². The van der Waals surface area contributed by atoms with Crippen LogP contribution in [0.4, 0.5) is 5.82 Å². The highest BCUT2D eigenvalue weighted by molar-refractivity contribution is 5.83. The Morgan fingerprint density at radius 1 is 1.00 bits per heavy atom. The molecule has 0 aliphatic rings. The van der Waals surface area contributed by atoms with Crippen LogP contribution in [0.1, 0.15) is 5.56 Å². The van der Waals surface area contributed by atoms with Gasteiger partial charge in [0.25, 0.3) is 0 Å². The van der Waals surface area contributed by atoms with Gasteiger partial charge in [-0.15, -0.1) is 0 Å². The summed E-state index contributed by atoms with van der Waals surface area (Å²) < 4.78 is 0. The Labute approximate surface area is 126 Å². The van der Waals surface area contributed by atoms with E-state index >= 15 is 0 Å². The number of aromatic amines is 1. The fourth-order valence-electron chi connectivity index (χ4n) is 2.59. The molecule has 0 saturated heterocycles. The van der Waals surface area contributed by atoms with Gasteiger partial charge >= 0.3 is 0 Å². The smallest absolute Gasteiger partial charge is 0.182 e. The highest BCUT2D eigenvalue weighted by Crippen LogP contribution is 2.18. The zero-order valence-corrected chi connectivity index (χ0v) is 11.8. The van der Waals surface area contributed by atoms with Gasteiger partial charge in [-0.05, 0) is 24.1 Å². The Hall–Kier alpha value is -3.02. The first-order chi connectivity index (χ1) is 10.9. The third-order valence-electron chi connectivity index (χ3n) is 3.65. The van der Waals surface area contributed by atoms with E-state index in [-0.39, 0.29) is 0 Å². The van der Waals surface area contributed by atoms with E-state index in [1.54, 1.807) is 6.33 Å². The van der Waals surface area contributed by atoms with Crippen LogP contribution in [0.25, 0.3) is 22.1 Å². The van der Waals surface area contributed by atoms with Crippen molar-refractivity contribution in [2.24, 2.45) is 0 Å². The van der Waals surface area contributed by atoms with Crippen LogP contribution in [0.15, 0.2) is 49.2 Å². The van der Waals surface area contributed by atoms with Crippen molar-refractivity contribution in [3.8, 4) is 0 Å². The molecule has 4 aromatic rings. The molecule has 1 aromatic carbocycles. The van der Waals surface area contributed by atoms with Crippen molar-refractivity contribution >= 4 is 27.9 Å². The average Bonchev–Trinajstić information content (AvgIpc) is 3.05. The van der Waals surface area contributed by atoms with Gasteiger partial charge in [-0.25, -0.2) is 15.0 Å². The average molecular weight is 290 g/mol. The Morgan fingerprint density at radius 2 is 1.95 bits per heavy atom. The zero-order chi connectivity index (χ0) is 14.8. The highest BCUT2D eigenvalue weighted by Gasteiger charge is 2.06. The van der Waals surface area contributed by atoms with Crippen LogP contribution in [-0.2, 0) is 6.42 Å². The lowest BCUT2D eigenvalue weighted by Gasteiger charge is -2.08. The van der Waals surface area contributed by atoms with Crippen LogP contribution in [0.3, 0.4) is 0 Å². The van der Waals surface area contributed by atoms with Gasteiger partial charge in [0.1, 0.15) is 11.8 Å². The first-order valence-electron chi connectivity index (χ1n) is 7.12. The summed E-state index contributed by atoms with van der Waals surface area (Å²) in [5.41, 5.74) is 3.81. The summed E-state index contributed by atoms with van der Waals surface area (Å²) in [5, 5.41) is 4.54. The number of hydrogen-bond donors (Lipinski definition) is 2. The maximum atomic E-state index is 4.39. The number of imidazole rings is 1. The van der Waals surface area contributed by atoms with E-state index in [2.05, 4.69) is 42.4 Å². The summed E-state index contributed by atoms with van der Waals surface area (Å²) in [6.07, 6.45) is 5.90. The minimum atomic E-state index is 0.673. The van der Waals surface area contributed by atoms with Crippen LogP contribution < -0.4 is 5.32 Å². The van der Waals surface area contributed by atoms with Crippen LogP contribution in [0.5, 0.6) is 0 Å². The summed E-state index contributed by atoms with van der Waals surface area (Å²) in [6.45, 7) is 0.777. The number of pyridine rings is 1. The first kappa shape index (κ1) is 12.7. The molecule has 3 aromatic heterocycles. The van der Waals surface area contributed by atoms with Crippen molar-refractivity contribution in [2.45, 2.75) is 6.42 Å². The molecule has 2 N–H and O–H groups in total. The van der Waals surface area contributed by atoms with Crippen LogP contribution in [-0.4, -0.2) is 31.5 Å². The number of rotatable bonds is 4. The van der Waals surface area contributed by atoms with Crippen molar-refractivity contribution in [3.05, 3.63) is 54.7 Å². The Kier molecular flexibility index (Phi) is 3.12. The van der Waals surface area contributed by atoms with E-state index in [9.17, 15) is 0 Å². The minimum absolute atomic E-state index is 0.673. The molecule has 3 heterocycles. The fraction of sp³-hybridized carbons (Fsp3) is 0.125. The fourth-order valence-corrected chi connectivity index (χ4v) is 2.59. The van der Waals surface area contributed by atoms with E-state index in [4.69, 9.17) is 0 Å². The van der Waals surface area contributed by atoms with Crippen molar-refractivity contribution in [1.29, 1.82) is 0 Å². The van der Waals surface area contributed by atoms with Crippen molar-refractivity contribution in [1.82, 2.24) is 24.9 Å². The molecule has 0 saturated carbocycles. The summed E-state index contributed by atoms with van der Waals surface area (Å²) in [6, 6.07) is 10.3. The van der Waals surface area contributed by atoms with Gasteiger partial charge in [0.15, 0.2) is 11.5 Å². The normalized spacial score (nSPS) is 11.1. The summed E-state index contributed by atoms with van der Waals surface area (Å²) in [4.78, 5) is 20.0. The summed E-state index contributed by atoms with van der Waals surface area (Å²) in [5.74, 6) is 0.779. The second-order valence-electron chi connectivity index (χ2n) is 4.99. The molecule has 108 valence electrons. The standard InChI is InChI=1S/C16H14N6/c1-2-4-13-12(3-1)11(5-7-17-13)6-8-18-15-14-16(20-9-19-14)22-10-21-15/h1-5,7,9-10H,6,8H2,(H2,18,19,20,21,22). The molecule has 0 radical (unpaired) electrons. The molecule has 6 heteroatoms. The number of nitrogens with zero attached hydrogens (tertiary/aromatic N) is 4. The summed E-state index contributed by atoms with van der Waals surface area (Å²) >= 11 is 0. The monoisotopic (exact) mass is 290 g/mol. The van der Waals surface area contributed by atoms with Crippen LogP contribution in [0, 0.1) is 0 Å². The summed E-state index contributed by atoms with van der Waals surface area (Å²) in [7, 11) is 0. The molecular weight excluding hydrogens is 276 g/mol. The molecule has 0 aliphatic carbocycles. The third-order valence-corrected chi connectivity index (χ3v) is 3.65. The number of para-hydroxylation sites is 1. The molecule has 0 aliphatic heterocycles. The minimum Gasteiger partial charge on any atom is -0.368 e. The van der Waals surface area contributed by atoms with Gasteiger partial charge in [0, 0.05) is 18.1 Å². The Bertz CT molecular complexity index is 925. The number of fused-ring (bicyclic) bond motifs is 2. The Morgan fingerprint density at radius 3 is 2.95 bits per heavy atom.